The molecule has 0 bridgehead atoms. The minimum atomic E-state index is -0.00367. The number of rotatable bonds is 10. The van der Waals surface area contributed by atoms with Gasteiger partial charge in [0.15, 0.2) is 5.78 Å². The van der Waals surface area contributed by atoms with Gasteiger partial charge < -0.3 is 10.6 Å². The van der Waals surface area contributed by atoms with Crippen molar-refractivity contribution in [1.82, 2.24) is 4.90 Å². The van der Waals surface area contributed by atoms with Crippen molar-refractivity contribution in [2.24, 2.45) is 5.73 Å². The Balaban J connectivity index is 1.85. The molecule has 2 aromatic rings. The van der Waals surface area contributed by atoms with Gasteiger partial charge in [-0.25, -0.2) is 0 Å². The zero-order chi connectivity index (χ0) is 18.8. The normalized spacial score (nSPS) is 10.5. The Bertz CT molecular complexity index is 708. The second kappa shape index (κ2) is 11.0. The van der Waals surface area contributed by atoms with Gasteiger partial charge in [-0.3, -0.25) is 9.59 Å². The molecule has 0 aliphatic heterocycles. The predicted molar refractivity (Wildman–Crippen MR) is 109 cm³/mol. The lowest BCUT2D eigenvalue weighted by atomic mass is 10.1. The third-order valence-corrected chi connectivity index (χ3v) is 5.00. The maximum Gasteiger partial charge on any atom is 0.232 e. The number of carbonyl (C=O) groups excluding carboxylic acids is 2. The highest BCUT2D eigenvalue weighted by molar-refractivity contribution is 8.00. The lowest BCUT2D eigenvalue weighted by Crippen LogP contribution is -2.34. The first kappa shape index (κ1) is 20.5. The number of Topliss-reactive ketones (excluding diaryl/α,β-unsaturated/α-hetero) is 1. The third-order valence-electron chi connectivity index (χ3n) is 3.83. The van der Waals surface area contributed by atoms with Crippen LogP contribution in [0.2, 0.25) is 5.02 Å². The number of benzene rings is 2. The van der Waals surface area contributed by atoms with E-state index >= 15 is 0 Å². The Kier molecular flexibility index (Phi) is 8.68. The van der Waals surface area contributed by atoms with Crippen LogP contribution in [-0.4, -0.2) is 41.2 Å². The van der Waals surface area contributed by atoms with Crippen LogP contribution in [0, 0.1) is 0 Å². The number of ketones is 1. The fourth-order valence-electron chi connectivity index (χ4n) is 2.42. The van der Waals surface area contributed by atoms with Crippen LogP contribution in [0.15, 0.2) is 54.6 Å². The third kappa shape index (κ3) is 6.83. The molecule has 0 heterocycles. The van der Waals surface area contributed by atoms with E-state index in [1.807, 2.05) is 35.2 Å². The molecule has 0 aromatic heterocycles. The Labute approximate surface area is 163 Å². The van der Waals surface area contributed by atoms with Crippen LogP contribution in [0.4, 0.5) is 0 Å². The average molecular weight is 391 g/mol. The lowest BCUT2D eigenvalue weighted by Gasteiger charge is -2.22. The summed E-state index contributed by atoms with van der Waals surface area (Å²) < 4.78 is 0. The Hall–Kier alpha value is -1.82. The van der Waals surface area contributed by atoms with Gasteiger partial charge in [0.05, 0.1) is 11.5 Å². The highest BCUT2D eigenvalue weighted by Gasteiger charge is 2.15. The number of halogens is 1. The van der Waals surface area contributed by atoms with Crippen molar-refractivity contribution >= 4 is 35.1 Å². The zero-order valence-electron chi connectivity index (χ0n) is 14.6. The summed E-state index contributed by atoms with van der Waals surface area (Å²) in [5, 5.41) is 0.598. The fraction of sp³-hybridized carbons (Fsp3) is 0.300. The first-order valence-corrected chi connectivity index (χ1v) is 10.0. The maximum atomic E-state index is 12.6. The molecule has 0 aliphatic rings. The van der Waals surface area contributed by atoms with Gasteiger partial charge >= 0.3 is 0 Å². The smallest absolute Gasteiger partial charge is 0.232 e. The summed E-state index contributed by atoms with van der Waals surface area (Å²) in [6.45, 7) is 1.72. The van der Waals surface area contributed by atoms with Gasteiger partial charge in [0.2, 0.25) is 5.91 Å². The molecular formula is C20H23ClN2O2S. The van der Waals surface area contributed by atoms with E-state index in [0.29, 0.717) is 30.2 Å². The SMILES string of the molecule is NCCCN(Cc1ccccc1)C(=O)CSCC(=O)c1ccc(Cl)cc1. The van der Waals surface area contributed by atoms with Crippen LogP contribution in [0.25, 0.3) is 0 Å². The van der Waals surface area contributed by atoms with Gasteiger partial charge in [-0.1, -0.05) is 41.9 Å². The molecule has 0 fully saturated rings. The van der Waals surface area contributed by atoms with E-state index in [-0.39, 0.29) is 23.2 Å². The molecule has 0 unspecified atom stereocenters. The first-order chi connectivity index (χ1) is 12.6. The number of hydrogen-bond acceptors (Lipinski definition) is 4. The summed E-state index contributed by atoms with van der Waals surface area (Å²) >= 11 is 7.17. The Morgan fingerprint density at radius 3 is 2.35 bits per heavy atom. The van der Waals surface area contributed by atoms with Gasteiger partial charge in [0, 0.05) is 23.7 Å². The highest BCUT2D eigenvalue weighted by atomic mass is 35.5. The Morgan fingerprint density at radius 1 is 1.00 bits per heavy atom. The molecule has 0 aliphatic carbocycles. The van der Waals surface area contributed by atoms with Crippen molar-refractivity contribution in [3.8, 4) is 0 Å². The van der Waals surface area contributed by atoms with Crippen molar-refractivity contribution in [2.75, 3.05) is 24.6 Å². The van der Waals surface area contributed by atoms with Crippen molar-refractivity contribution in [3.63, 3.8) is 0 Å². The molecule has 0 saturated carbocycles. The van der Waals surface area contributed by atoms with Gasteiger partial charge in [-0.2, -0.15) is 0 Å². The predicted octanol–water partition coefficient (Wildman–Crippen LogP) is 3.63. The average Bonchev–Trinajstić information content (AvgIpc) is 2.66. The molecule has 138 valence electrons. The number of nitrogens with two attached hydrogens (primary N) is 1. The molecule has 6 heteroatoms. The number of carbonyl (C=O) groups is 2. The number of amides is 1. The zero-order valence-corrected chi connectivity index (χ0v) is 16.1. The molecule has 0 saturated heterocycles. The number of nitrogens with zero attached hydrogens (tertiary/aromatic N) is 1. The molecule has 26 heavy (non-hydrogen) atoms. The number of thioether (sulfide) groups is 1. The summed E-state index contributed by atoms with van der Waals surface area (Å²) in [6, 6.07) is 16.7. The monoisotopic (exact) mass is 390 g/mol. The summed E-state index contributed by atoms with van der Waals surface area (Å²) in [5.74, 6) is 0.562. The van der Waals surface area contributed by atoms with E-state index < -0.39 is 0 Å². The molecule has 4 nitrogen and oxygen atoms in total. The van der Waals surface area contributed by atoms with Crippen LogP contribution in [0.1, 0.15) is 22.3 Å². The van der Waals surface area contributed by atoms with Crippen molar-refractivity contribution in [2.45, 2.75) is 13.0 Å². The van der Waals surface area contributed by atoms with Crippen LogP contribution < -0.4 is 5.73 Å². The van der Waals surface area contributed by atoms with E-state index in [0.717, 1.165) is 12.0 Å². The molecule has 2 aromatic carbocycles. The van der Waals surface area contributed by atoms with Gasteiger partial charge in [-0.05, 0) is 42.8 Å². The van der Waals surface area contributed by atoms with Crippen molar-refractivity contribution in [3.05, 3.63) is 70.7 Å². The second-order valence-electron chi connectivity index (χ2n) is 5.87. The summed E-state index contributed by atoms with van der Waals surface area (Å²) in [6.07, 6.45) is 0.757. The van der Waals surface area contributed by atoms with Crippen LogP contribution >= 0.6 is 23.4 Å². The fourth-order valence-corrected chi connectivity index (χ4v) is 3.36. The molecule has 0 spiro atoms. The lowest BCUT2D eigenvalue weighted by molar-refractivity contribution is -0.129. The largest absolute Gasteiger partial charge is 0.338 e. The van der Waals surface area contributed by atoms with Crippen molar-refractivity contribution in [1.29, 1.82) is 0 Å². The van der Waals surface area contributed by atoms with Gasteiger partial charge in [0.1, 0.15) is 0 Å². The van der Waals surface area contributed by atoms with E-state index in [1.165, 1.54) is 11.8 Å². The molecular weight excluding hydrogens is 368 g/mol. The summed E-state index contributed by atoms with van der Waals surface area (Å²) in [5.41, 5.74) is 7.28. The van der Waals surface area contributed by atoms with Crippen LogP contribution in [0.5, 0.6) is 0 Å². The minimum Gasteiger partial charge on any atom is -0.338 e. The molecule has 2 rings (SSSR count). The summed E-state index contributed by atoms with van der Waals surface area (Å²) in [7, 11) is 0. The molecule has 2 N–H and O–H groups in total. The Morgan fingerprint density at radius 2 is 1.69 bits per heavy atom. The minimum absolute atomic E-state index is 0.00367. The maximum absolute atomic E-state index is 12.6. The van der Waals surface area contributed by atoms with Gasteiger partial charge in [0.25, 0.3) is 0 Å². The van der Waals surface area contributed by atoms with Crippen molar-refractivity contribution < 1.29 is 9.59 Å². The quantitative estimate of drug-likeness (QED) is 0.629. The van der Waals surface area contributed by atoms with Crippen LogP contribution in [0.3, 0.4) is 0 Å². The van der Waals surface area contributed by atoms with E-state index in [2.05, 4.69) is 0 Å². The first-order valence-electron chi connectivity index (χ1n) is 8.48. The topological polar surface area (TPSA) is 63.4 Å². The molecule has 0 radical (unpaired) electrons. The number of hydrogen-bond donors (Lipinski definition) is 1. The van der Waals surface area contributed by atoms with Crippen LogP contribution in [-0.2, 0) is 11.3 Å². The van der Waals surface area contributed by atoms with Gasteiger partial charge in [-0.15, -0.1) is 11.8 Å². The molecule has 0 atom stereocenters. The van der Waals surface area contributed by atoms with E-state index in [1.54, 1.807) is 24.3 Å². The highest BCUT2D eigenvalue weighted by Crippen LogP contribution is 2.14. The van der Waals surface area contributed by atoms with E-state index in [9.17, 15) is 9.59 Å². The van der Waals surface area contributed by atoms with E-state index in [4.69, 9.17) is 17.3 Å². The second-order valence-corrected chi connectivity index (χ2v) is 7.29. The summed E-state index contributed by atoms with van der Waals surface area (Å²) in [4.78, 5) is 26.5. The molecule has 1 amide bonds. The standard InChI is InChI=1S/C20H23ClN2O2S/c21-18-9-7-17(8-10-18)19(24)14-26-15-20(25)23(12-4-11-22)13-16-5-2-1-3-6-16/h1-3,5-10H,4,11-15,22H2.